The minimum Gasteiger partial charge on any atom is -0.497 e. The predicted molar refractivity (Wildman–Crippen MR) is 108 cm³/mol. The number of likely N-dealkylation sites (tertiary alicyclic amines) is 1. The predicted octanol–water partition coefficient (Wildman–Crippen LogP) is 3.68. The molecule has 3 rings (SSSR count). The first kappa shape index (κ1) is 19.9. The van der Waals surface area contributed by atoms with Gasteiger partial charge in [0.2, 0.25) is 5.91 Å². The third-order valence-electron chi connectivity index (χ3n) is 5.06. The van der Waals surface area contributed by atoms with Crippen LogP contribution >= 0.6 is 0 Å². The first-order valence-electron chi connectivity index (χ1n) is 9.38. The van der Waals surface area contributed by atoms with Crippen molar-refractivity contribution in [3.63, 3.8) is 0 Å². The van der Waals surface area contributed by atoms with E-state index in [1.165, 1.54) is 6.92 Å². The van der Waals surface area contributed by atoms with Crippen molar-refractivity contribution in [2.75, 3.05) is 32.6 Å². The lowest BCUT2D eigenvalue weighted by Crippen LogP contribution is -2.33. The summed E-state index contributed by atoms with van der Waals surface area (Å²) in [5, 5.41) is 2.90. The zero-order valence-electron chi connectivity index (χ0n) is 16.5. The second-order valence-corrected chi connectivity index (χ2v) is 6.92. The van der Waals surface area contributed by atoms with Crippen LogP contribution in [0.1, 0.15) is 41.7 Å². The number of carbonyl (C=O) groups is 2. The zero-order valence-corrected chi connectivity index (χ0v) is 16.5. The second kappa shape index (κ2) is 8.89. The molecule has 1 amide bonds. The van der Waals surface area contributed by atoms with E-state index in [-0.39, 0.29) is 24.3 Å². The number of rotatable bonds is 7. The lowest BCUT2D eigenvalue weighted by molar-refractivity contribution is -0.117. The van der Waals surface area contributed by atoms with Crippen LogP contribution in [0.2, 0.25) is 0 Å². The average Bonchev–Trinajstić information content (AvgIpc) is 3.15. The highest BCUT2D eigenvalue weighted by Crippen LogP contribution is 2.38. The van der Waals surface area contributed by atoms with Crippen LogP contribution < -0.4 is 14.8 Å². The van der Waals surface area contributed by atoms with Crippen LogP contribution in [0.25, 0.3) is 0 Å². The molecule has 0 aromatic heterocycles. The summed E-state index contributed by atoms with van der Waals surface area (Å²) in [7, 11) is 3.27. The molecular formula is C22H26N2O4. The van der Waals surface area contributed by atoms with Gasteiger partial charge in [-0.1, -0.05) is 18.2 Å². The Labute approximate surface area is 165 Å². The van der Waals surface area contributed by atoms with Gasteiger partial charge in [-0.05, 0) is 44.5 Å². The van der Waals surface area contributed by atoms with Crippen LogP contribution in [0.4, 0.5) is 5.69 Å². The molecule has 0 unspecified atom stereocenters. The molecule has 0 aliphatic carbocycles. The molecule has 2 aromatic rings. The Morgan fingerprint density at radius 1 is 1.14 bits per heavy atom. The smallest absolute Gasteiger partial charge is 0.238 e. The van der Waals surface area contributed by atoms with Gasteiger partial charge in [0.25, 0.3) is 0 Å². The molecule has 1 heterocycles. The third-order valence-corrected chi connectivity index (χ3v) is 5.06. The fraction of sp³-hybridized carbons (Fsp3) is 0.364. The SMILES string of the molecule is COc1ccc([C@@H]2CCCN2CC(=O)Nc2cccc(C(C)=O)c2)c(OC)c1. The summed E-state index contributed by atoms with van der Waals surface area (Å²) < 4.78 is 10.8. The minimum absolute atomic E-state index is 0.0256. The van der Waals surface area contributed by atoms with E-state index in [9.17, 15) is 9.59 Å². The molecule has 1 aliphatic heterocycles. The van der Waals surface area contributed by atoms with E-state index in [1.807, 2.05) is 18.2 Å². The van der Waals surface area contributed by atoms with E-state index in [4.69, 9.17) is 9.47 Å². The molecule has 0 bridgehead atoms. The maximum Gasteiger partial charge on any atom is 0.238 e. The summed E-state index contributed by atoms with van der Waals surface area (Å²) in [6, 6.07) is 12.9. The quantitative estimate of drug-likeness (QED) is 0.740. The van der Waals surface area contributed by atoms with Crippen molar-refractivity contribution in [2.45, 2.75) is 25.8 Å². The highest BCUT2D eigenvalue weighted by Gasteiger charge is 2.29. The number of ketones is 1. The molecule has 6 nitrogen and oxygen atoms in total. The van der Waals surface area contributed by atoms with Gasteiger partial charge < -0.3 is 14.8 Å². The van der Waals surface area contributed by atoms with Crippen molar-refractivity contribution in [1.82, 2.24) is 4.90 Å². The van der Waals surface area contributed by atoms with E-state index >= 15 is 0 Å². The van der Waals surface area contributed by atoms with Crippen molar-refractivity contribution in [2.24, 2.45) is 0 Å². The van der Waals surface area contributed by atoms with Gasteiger partial charge in [-0.25, -0.2) is 0 Å². The summed E-state index contributed by atoms with van der Waals surface area (Å²) in [5.74, 6) is 1.39. The molecule has 148 valence electrons. The molecule has 1 atom stereocenters. The standard InChI is InChI=1S/C22H26N2O4/c1-15(25)16-6-4-7-17(12-16)23-22(26)14-24-11-5-8-20(24)19-10-9-18(27-2)13-21(19)28-3/h4,6-7,9-10,12-13,20H,5,8,11,14H2,1-3H3,(H,23,26)/t20-/m0/s1. The van der Waals surface area contributed by atoms with Crippen molar-refractivity contribution in [1.29, 1.82) is 0 Å². The summed E-state index contributed by atoms with van der Waals surface area (Å²) >= 11 is 0. The number of carbonyl (C=O) groups excluding carboxylic acids is 2. The topological polar surface area (TPSA) is 67.9 Å². The average molecular weight is 382 g/mol. The van der Waals surface area contributed by atoms with Crippen LogP contribution in [-0.4, -0.2) is 43.9 Å². The van der Waals surface area contributed by atoms with E-state index in [2.05, 4.69) is 10.2 Å². The van der Waals surface area contributed by atoms with Crippen molar-refractivity contribution < 1.29 is 19.1 Å². The maximum atomic E-state index is 12.6. The number of methoxy groups -OCH3 is 2. The zero-order chi connectivity index (χ0) is 20.1. The summed E-state index contributed by atoms with van der Waals surface area (Å²) in [6.45, 7) is 2.64. The van der Waals surface area contributed by atoms with E-state index in [1.54, 1.807) is 38.5 Å². The van der Waals surface area contributed by atoms with Crippen LogP contribution in [-0.2, 0) is 4.79 Å². The van der Waals surface area contributed by atoms with Gasteiger partial charge in [-0.3, -0.25) is 14.5 Å². The van der Waals surface area contributed by atoms with Gasteiger partial charge >= 0.3 is 0 Å². The van der Waals surface area contributed by atoms with Crippen LogP contribution in [0.15, 0.2) is 42.5 Å². The van der Waals surface area contributed by atoms with E-state index < -0.39 is 0 Å². The first-order valence-corrected chi connectivity index (χ1v) is 9.38. The first-order chi connectivity index (χ1) is 13.5. The van der Waals surface area contributed by atoms with Crippen LogP contribution in [0.3, 0.4) is 0 Å². The largest absolute Gasteiger partial charge is 0.497 e. The number of nitrogens with zero attached hydrogens (tertiary/aromatic N) is 1. The number of ether oxygens (including phenoxy) is 2. The molecule has 28 heavy (non-hydrogen) atoms. The Bertz CT molecular complexity index is 865. The summed E-state index contributed by atoms with van der Waals surface area (Å²) in [5.41, 5.74) is 2.28. The lowest BCUT2D eigenvalue weighted by atomic mass is 10.0. The molecule has 0 spiro atoms. The number of hydrogen-bond acceptors (Lipinski definition) is 5. The highest BCUT2D eigenvalue weighted by molar-refractivity contribution is 5.97. The fourth-order valence-electron chi connectivity index (χ4n) is 3.66. The molecule has 1 fully saturated rings. The molecule has 6 heteroatoms. The van der Waals surface area contributed by atoms with Crippen molar-refractivity contribution in [3.8, 4) is 11.5 Å². The third kappa shape index (κ3) is 4.51. The Morgan fingerprint density at radius 3 is 2.68 bits per heavy atom. The molecule has 0 radical (unpaired) electrons. The van der Waals surface area contributed by atoms with Crippen molar-refractivity contribution in [3.05, 3.63) is 53.6 Å². The van der Waals surface area contributed by atoms with Crippen molar-refractivity contribution >= 4 is 17.4 Å². The number of Topliss-reactive ketones (excluding diaryl/α,β-unsaturated/α-hetero) is 1. The van der Waals surface area contributed by atoms with E-state index in [0.717, 1.165) is 36.4 Å². The Hall–Kier alpha value is -2.86. The molecule has 2 aromatic carbocycles. The Morgan fingerprint density at radius 2 is 1.96 bits per heavy atom. The van der Waals surface area contributed by atoms with Gasteiger partial charge in [0.1, 0.15) is 11.5 Å². The molecule has 1 saturated heterocycles. The number of benzene rings is 2. The Kier molecular flexibility index (Phi) is 6.31. The monoisotopic (exact) mass is 382 g/mol. The van der Waals surface area contributed by atoms with E-state index in [0.29, 0.717) is 11.3 Å². The van der Waals surface area contributed by atoms with Gasteiger partial charge in [-0.15, -0.1) is 0 Å². The van der Waals surface area contributed by atoms with Gasteiger partial charge in [-0.2, -0.15) is 0 Å². The summed E-state index contributed by atoms with van der Waals surface area (Å²) in [6.07, 6.45) is 1.99. The van der Waals surface area contributed by atoms with Gasteiger partial charge in [0.15, 0.2) is 5.78 Å². The number of amides is 1. The lowest BCUT2D eigenvalue weighted by Gasteiger charge is -2.26. The maximum absolute atomic E-state index is 12.6. The normalized spacial score (nSPS) is 16.6. The fourth-order valence-corrected chi connectivity index (χ4v) is 3.66. The Balaban J connectivity index is 1.71. The highest BCUT2D eigenvalue weighted by atomic mass is 16.5. The number of hydrogen-bond donors (Lipinski definition) is 1. The molecule has 1 aliphatic rings. The minimum atomic E-state index is -0.0971. The number of anilines is 1. The van der Waals surface area contributed by atoms with Gasteiger partial charge in [0, 0.05) is 28.9 Å². The van der Waals surface area contributed by atoms with Crippen LogP contribution in [0.5, 0.6) is 11.5 Å². The number of nitrogens with one attached hydrogen (secondary N) is 1. The second-order valence-electron chi connectivity index (χ2n) is 6.92. The molecular weight excluding hydrogens is 356 g/mol. The molecule has 0 saturated carbocycles. The van der Waals surface area contributed by atoms with Gasteiger partial charge in [0.05, 0.1) is 20.8 Å². The molecule has 1 N–H and O–H groups in total. The summed E-state index contributed by atoms with van der Waals surface area (Å²) in [4.78, 5) is 26.3. The van der Waals surface area contributed by atoms with Crippen LogP contribution in [0, 0.1) is 0 Å².